The Morgan fingerprint density at radius 1 is 1.15 bits per heavy atom. The lowest BCUT2D eigenvalue weighted by Crippen LogP contribution is -2.05. The lowest BCUT2D eigenvalue weighted by molar-refractivity contribution is -0.129. The number of nitrogens with zero attached hydrogens (tertiary/aromatic N) is 1. The molecule has 0 N–H and O–H groups in total. The van der Waals surface area contributed by atoms with E-state index < -0.39 is 5.97 Å². The summed E-state index contributed by atoms with van der Waals surface area (Å²) in [7, 11) is 1.59. The third kappa shape index (κ3) is 4.24. The van der Waals surface area contributed by atoms with E-state index in [4.69, 9.17) is 14.2 Å². The highest BCUT2D eigenvalue weighted by atomic mass is 127. The minimum Gasteiger partial charge on any atom is -0.493 e. The Morgan fingerprint density at radius 3 is 2.62 bits per heavy atom. The van der Waals surface area contributed by atoms with E-state index >= 15 is 0 Å². The van der Waals surface area contributed by atoms with Crippen molar-refractivity contribution >= 4 is 40.5 Å². The van der Waals surface area contributed by atoms with Crippen molar-refractivity contribution < 1.29 is 19.0 Å². The van der Waals surface area contributed by atoms with Crippen LogP contribution in [-0.2, 0) is 9.53 Å². The van der Waals surface area contributed by atoms with E-state index in [0.717, 1.165) is 21.1 Å². The van der Waals surface area contributed by atoms with Crippen molar-refractivity contribution in [2.75, 3.05) is 13.7 Å². The average molecular weight is 463 g/mol. The van der Waals surface area contributed by atoms with Crippen molar-refractivity contribution in [3.05, 3.63) is 62.9 Å². The van der Waals surface area contributed by atoms with Crippen LogP contribution in [0.2, 0.25) is 0 Å². The summed E-state index contributed by atoms with van der Waals surface area (Å²) in [6.45, 7) is 2.66. The maximum atomic E-state index is 12.1. The van der Waals surface area contributed by atoms with Gasteiger partial charge in [0.1, 0.15) is 0 Å². The number of carbonyl (C=O) groups excluding carboxylic acids is 1. The molecule has 0 saturated heterocycles. The number of carbonyl (C=O) groups is 1. The van der Waals surface area contributed by atoms with Crippen LogP contribution in [0, 0.1) is 3.57 Å². The molecule has 2 aromatic rings. The fraction of sp³-hybridized carbons (Fsp3) is 0.200. The van der Waals surface area contributed by atoms with Gasteiger partial charge in [-0.15, -0.1) is 0 Å². The topological polar surface area (TPSA) is 57.1 Å². The number of ether oxygens (including phenoxy) is 3. The Hall–Kier alpha value is -2.35. The summed E-state index contributed by atoms with van der Waals surface area (Å²) in [6.07, 6.45) is 2.59. The molecule has 3 rings (SSSR count). The van der Waals surface area contributed by atoms with Gasteiger partial charge in [0.15, 0.2) is 17.2 Å². The molecule has 6 heteroatoms. The van der Waals surface area contributed by atoms with Gasteiger partial charge < -0.3 is 14.2 Å². The van der Waals surface area contributed by atoms with E-state index in [1.54, 1.807) is 13.2 Å². The summed E-state index contributed by atoms with van der Waals surface area (Å²) in [4.78, 5) is 16.5. The van der Waals surface area contributed by atoms with Crippen molar-refractivity contribution in [1.29, 1.82) is 0 Å². The Bertz CT molecular complexity index is 872. The van der Waals surface area contributed by atoms with E-state index in [1.165, 1.54) is 0 Å². The first kappa shape index (κ1) is 18.4. The SMILES string of the molecule is CCCOc1ccc(/C=C2/N=C(c3ccc(I)cc3)OC2=O)cc1OC. The summed E-state index contributed by atoms with van der Waals surface area (Å²) in [6, 6.07) is 13.1. The fourth-order valence-corrected chi connectivity index (χ4v) is 2.75. The zero-order valence-electron chi connectivity index (χ0n) is 14.5. The first-order valence-electron chi connectivity index (χ1n) is 8.20. The number of halogens is 1. The highest BCUT2D eigenvalue weighted by Gasteiger charge is 2.24. The van der Waals surface area contributed by atoms with Gasteiger partial charge in [-0.25, -0.2) is 9.79 Å². The molecule has 1 aliphatic rings. The summed E-state index contributed by atoms with van der Waals surface area (Å²) < 4.78 is 17.4. The minimum absolute atomic E-state index is 0.253. The third-order valence-electron chi connectivity index (χ3n) is 3.66. The molecule has 26 heavy (non-hydrogen) atoms. The van der Waals surface area contributed by atoms with Gasteiger partial charge in [0.2, 0.25) is 5.90 Å². The lowest BCUT2D eigenvalue weighted by Gasteiger charge is -2.10. The average Bonchev–Trinajstić information content (AvgIpc) is 3.01. The maximum Gasteiger partial charge on any atom is 0.363 e. The molecule has 0 saturated carbocycles. The molecule has 0 aliphatic carbocycles. The first-order chi connectivity index (χ1) is 12.6. The molecule has 0 spiro atoms. The van der Waals surface area contributed by atoms with Crippen LogP contribution in [0.25, 0.3) is 6.08 Å². The Balaban J connectivity index is 1.86. The van der Waals surface area contributed by atoms with E-state index in [-0.39, 0.29) is 5.70 Å². The van der Waals surface area contributed by atoms with Gasteiger partial charge in [-0.3, -0.25) is 0 Å². The molecule has 1 aliphatic heterocycles. The second kappa shape index (κ2) is 8.35. The second-order valence-electron chi connectivity index (χ2n) is 5.60. The van der Waals surface area contributed by atoms with Gasteiger partial charge in [0.05, 0.1) is 13.7 Å². The Morgan fingerprint density at radius 2 is 1.92 bits per heavy atom. The lowest BCUT2D eigenvalue weighted by atomic mass is 10.1. The highest BCUT2D eigenvalue weighted by Crippen LogP contribution is 2.30. The molecule has 5 nitrogen and oxygen atoms in total. The predicted octanol–water partition coefficient (Wildman–Crippen LogP) is 4.43. The van der Waals surface area contributed by atoms with Crippen LogP contribution in [0.3, 0.4) is 0 Å². The maximum absolute atomic E-state index is 12.1. The van der Waals surface area contributed by atoms with Crippen LogP contribution in [0.5, 0.6) is 11.5 Å². The van der Waals surface area contributed by atoms with E-state index in [1.807, 2.05) is 49.4 Å². The molecule has 134 valence electrons. The molecule has 1 heterocycles. The van der Waals surface area contributed by atoms with Crippen LogP contribution in [-0.4, -0.2) is 25.6 Å². The number of cyclic esters (lactones) is 1. The van der Waals surface area contributed by atoms with E-state index in [0.29, 0.717) is 24.0 Å². The Labute approximate surface area is 165 Å². The number of methoxy groups -OCH3 is 1. The normalized spacial score (nSPS) is 15.0. The van der Waals surface area contributed by atoms with Crippen LogP contribution < -0.4 is 9.47 Å². The zero-order chi connectivity index (χ0) is 18.5. The van der Waals surface area contributed by atoms with Crippen molar-refractivity contribution in [2.45, 2.75) is 13.3 Å². The quantitative estimate of drug-likeness (QED) is 0.361. The molecule has 0 atom stereocenters. The fourth-order valence-electron chi connectivity index (χ4n) is 2.39. The number of hydrogen-bond donors (Lipinski definition) is 0. The van der Waals surface area contributed by atoms with Crippen molar-refractivity contribution in [3.63, 3.8) is 0 Å². The monoisotopic (exact) mass is 463 g/mol. The summed E-state index contributed by atoms with van der Waals surface area (Å²) in [5.74, 6) is 1.13. The zero-order valence-corrected chi connectivity index (χ0v) is 16.6. The summed E-state index contributed by atoms with van der Waals surface area (Å²) >= 11 is 2.22. The van der Waals surface area contributed by atoms with Crippen molar-refractivity contribution in [1.82, 2.24) is 0 Å². The number of esters is 1. The van der Waals surface area contributed by atoms with Gasteiger partial charge in [0, 0.05) is 9.13 Å². The molecule has 0 unspecified atom stereocenters. The molecular formula is C20H18INO4. The highest BCUT2D eigenvalue weighted by molar-refractivity contribution is 14.1. The smallest absolute Gasteiger partial charge is 0.363 e. The molecule has 2 aromatic carbocycles. The Kier molecular flexibility index (Phi) is 5.92. The number of aliphatic imine (C=N–C) groups is 1. The largest absolute Gasteiger partial charge is 0.493 e. The van der Waals surface area contributed by atoms with Crippen LogP contribution in [0.15, 0.2) is 53.2 Å². The van der Waals surface area contributed by atoms with Gasteiger partial charge in [0.25, 0.3) is 0 Å². The van der Waals surface area contributed by atoms with E-state index in [2.05, 4.69) is 27.6 Å². The molecule has 0 bridgehead atoms. The molecule has 0 fully saturated rings. The van der Waals surface area contributed by atoms with Gasteiger partial charge in [-0.05, 0) is 77.0 Å². The standard InChI is InChI=1S/C20H18INO4/c1-3-10-25-17-9-4-13(12-18(17)24-2)11-16-20(23)26-19(22-16)14-5-7-15(21)8-6-14/h4-9,11-12H,3,10H2,1-2H3/b16-11+. The van der Waals surface area contributed by atoms with Gasteiger partial charge in [-0.2, -0.15) is 0 Å². The van der Waals surface area contributed by atoms with Gasteiger partial charge in [-0.1, -0.05) is 13.0 Å². The number of hydrogen-bond acceptors (Lipinski definition) is 5. The predicted molar refractivity (Wildman–Crippen MR) is 109 cm³/mol. The van der Waals surface area contributed by atoms with Crippen LogP contribution in [0.4, 0.5) is 0 Å². The third-order valence-corrected chi connectivity index (χ3v) is 4.38. The van der Waals surface area contributed by atoms with Crippen molar-refractivity contribution in [2.24, 2.45) is 4.99 Å². The molecule has 0 amide bonds. The van der Waals surface area contributed by atoms with E-state index in [9.17, 15) is 4.79 Å². The first-order valence-corrected chi connectivity index (χ1v) is 9.28. The van der Waals surface area contributed by atoms with Crippen LogP contribution >= 0.6 is 22.6 Å². The number of rotatable bonds is 6. The molecular weight excluding hydrogens is 445 g/mol. The van der Waals surface area contributed by atoms with Crippen LogP contribution in [0.1, 0.15) is 24.5 Å². The second-order valence-corrected chi connectivity index (χ2v) is 6.85. The number of benzene rings is 2. The van der Waals surface area contributed by atoms with Crippen molar-refractivity contribution in [3.8, 4) is 11.5 Å². The summed E-state index contributed by atoms with van der Waals surface area (Å²) in [5.41, 5.74) is 1.80. The molecule has 0 radical (unpaired) electrons. The van der Waals surface area contributed by atoms with Gasteiger partial charge >= 0.3 is 5.97 Å². The molecule has 0 aromatic heterocycles. The summed E-state index contributed by atoms with van der Waals surface area (Å²) in [5, 5.41) is 0. The minimum atomic E-state index is -0.469.